The minimum absolute atomic E-state index is 0.0699. The Morgan fingerprint density at radius 3 is 2.29 bits per heavy atom. The maximum atomic E-state index is 13.2. The molecule has 3 aromatic carbocycles. The minimum Gasteiger partial charge on any atom is -0.478 e. The van der Waals surface area contributed by atoms with Gasteiger partial charge in [0.05, 0.1) is 10.5 Å². The van der Waals surface area contributed by atoms with Crippen LogP contribution in [-0.4, -0.2) is 26.0 Å². The van der Waals surface area contributed by atoms with E-state index in [4.69, 9.17) is 9.84 Å². The Morgan fingerprint density at radius 2 is 1.65 bits per heavy atom. The molecular weight excluding hydrogens is 428 g/mol. The number of carboxylic acids is 1. The van der Waals surface area contributed by atoms with Gasteiger partial charge >= 0.3 is 5.97 Å². The second-order valence-corrected chi connectivity index (χ2v) is 8.52. The van der Waals surface area contributed by atoms with Gasteiger partial charge in [0.1, 0.15) is 11.5 Å². The molecule has 0 aliphatic heterocycles. The molecule has 162 valence electrons. The standard InChI is InChI=1S/C22H19F2NO5S/c1-14-2-8-18(13-19(14)22(26)27)31(28,29)25-11-10-15-3-5-16(6-4-15)30-17-7-9-20(23)21(24)12-17/h2-9,12-13,25H,10-11H2,1H3,(H,26,27). The Morgan fingerprint density at radius 1 is 0.968 bits per heavy atom. The van der Waals surface area contributed by atoms with Crippen LogP contribution in [0.1, 0.15) is 21.5 Å². The van der Waals surface area contributed by atoms with Crippen LogP contribution in [0.3, 0.4) is 0 Å². The SMILES string of the molecule is Cc1ccc(S(=O)(=O)NCCc2ccc(Oc3ccc(F)c(F)c3)cc2)cc1C(=O)O. The van der Waals surface area contributed by atoms with Gasteiger partial charge in [-0.2, -0.15) is 0 Å². The van der Waals surface area contributed by atoms with E-state index in [2.05, 4.69) is 4.72 Å². The average molecular weight is 447 g/mol. The number of hydrogen-bond acceptors (Lipinski definition) is 4. The van der Waals surface area contributed by atoms with Crippen molar-refractivity contribution in [3.63, 3.8) is 0 Å². The molecule has 0 bridgehead atoms. The zero-order valence-electron chi connectivity index (χ0n) is 16.4. The fourth-order valence-corrected chi connectivity index (χ4v) is 3.87. The molecule has 31 heavy (non-hydrogen) atoms. The number of ether oxygens (including phenoxy) is 1. The molecular formula is C22H19F2NO5S. The maximum Gasteiger partial charge on any atom is 0.335 e. The Balaban J connectivity index is 1.59. The molecule has 0 aliphatic rings. The lowest BCUT2D eigenvalue weighted by Crippen LogP contribution is -2.26. The molecule has 0 saturated heterocycles. The van der Waals surface area contributed by atoms with E-state index in [1.807, 2.05) is 0 Å². The van der Waals surface area contributed by atoms with Gasteiger partial charge in [-0.15, -0.1) is 0 Å². The molecule has 0 fully saturated rings. The van der Waals surface area contributed by atoms with Crippen LogP contribution >= 0.6 is 0 Å². The van der Waals surface area contributed by atoms with E-state index in [0.717, 1.165) is 23.8 Å². The third kappa shape index (κ3) is 5.65. The third-order valence-electron chi connectivity index (χ3n) is 4.51. The molecule has 0 amide bonds. The van der Waals surface area contributed by atoms with Gasteiger partial charge < -0.3 is 9.84 Å². The van der Waals surface area contributed by atoms with E-state index >= 15 is 0 Å². The van der Waals surface area contributed by atoms with Crippen molar-refractivity contribution in [2.24, 2.45) is 0 Å². The van der Waals surface area contributed by atoms with E-state index < -0.39 is 27.6 Å². The fourth-order valence-electron chi connectivity index (χ4n) is 2.81. The Bertz CT molecular complexity index is 1210. The molecule has 2 N–H and O–H groups in total. The molecule has 0 radical (unpaired) electrons. The normalized spacial score (nSPS) is 11.3. The lowest BCUT2D eigenvalue weighted by Gasteiger charge is -2.10. The summed E-state index contributed by atoms with van der Waals surface area (Å²) in [6.07, 6.45) is 0.377. The van der Waals surface area contributed by atoms with Crippen LogP contribution in [0, 0.1) is 18.6 Å². The van der Waals surface area contributed by atoms with Crippen molar-refractivity contribution >= 4 is 16.0 Å². The molecule has 0 saturated carbocycles. The summed E-state index contributed by atoms with van der Waals surface area (Å²) in [6.45, 7) is 1.69. The Hall–Kier alpha value is -3.30. The Kier molecular flexibility index (Phi) is 6.67. The number of rotatable bonds is 8. The predicted molar refractivity (Wildman–Crippen MR) is 110 cm³/mol. The first-order valence-electron chi connectivity index (χ1n) is 9.21. The first kappa shape index (κ1) is 22.4. The average Bonchev–Trinajstić information content (AvgIpc) is 2.72. The maximum absolute atomic E-state index is 13.2. The van der Waals surface area contributed by atoms with E-state index in [1.165, 1.54) is 18.2 Å². The van der Waals surface area contributed by atoms with E-state index in [-0.39, 0.29) is 22.8 Å². The molecule has 0 atom stereocenters. The van der Waals surface area contributed by atoms with E-state index in [9.17, 15) is 22.0 Å². The summed E-state index contributed by atoms with van der Waals surface area (Å²) >= 11 is 0. The molecule has 3 aromatic rings. The van der Waals surface area contributed by atoms with Gasteiger partial charge in [-0.05, 0) is 60.9 Å². The zero-order valence-corrected chi connectivity index (χ0v) is 17.2. The highest BCUT2D eigenvalue weighted by atomic mass is 32.2. The fraction of sp³-hybridized carbons (Fsp3) is 0.136. The highest BCUT2D eigenvalue weighted by Crippen LogP contribution is 2.23. The minimum atomic E-state index is -3.86. The van der Waals surface area contributed by atoms with Crippen molar-refractivity contribution in [2.75, 3.05) is 6.54 Å². The van der Waals surface area contributed by atoms with Gasteiger partial charge in [-0.1, -0.05) is 18.2 Å². The van der Waals surface area contributed by atoms with Crippen LogP contribution < -0.4 is 9.46 Å². The highest BCUT2D eigenvalue weighted by Gasteiger charge is 2.17. The van der Waals surface area contributed by atoms with Gasteiger partial charge in [-0.25, -0.2) is 26.7 Å². The van der Waals surface area contributed by atoms with Crippen LogP contribution in [-0.2, 0) is 16.4 Å². The van der Waals surface area contributed by atoms with Crippen LogP contribution in [0.4, 0.5) is 8.78 Å². The summed E-state index contributed by atoms with van der Waals surface area (Å²) < 4.78 is 59.0. The molecule has 9 heteroatoms. The lowest BCUT2D eigenvalue weighted by atomic mass is 10.1. The third-order valence-corrected chi connectivity index (χ3v) is 5.96. The van der Waals surface area contributed by atoms with Crippen molar-refractivity contribution < 1.29 is 31.8 Å². The summed E-state index contributed by atoms with van der Waals surface area (Å²) in [6, 6.07) is 13.9. The van der Waals surface area contributed by atoms with Crippen LogP contribution in [0.5, 0.6) is 11.5 Å². The first-order valence-corrected chi connectivity index (χ1v) is 10.7. The number of aryl methyl sites for hydroxylation is 1. The molecule has 0 aromatic heterocycles. The van der Waals surface area contributed by atoms with Crippen LogP contribution in [0.25, 0.3) is 0 Å². The number of hydrogen-bond donors (Lipinski definition) is 2. The van der Waals surface area contributed by atoms with Crippen molar-refractivity contribution in [2.45, 2.75) is 18.2 Å². The largest absolute Gasteiger partial charge is 0.478 e. The van der Waals surface area contributed by atoms with Gasteiger partial charge in [0.2, 0.25) is 10.0 Å². The molecule has 0 spiro atoms. The van der Waals surface area contributed by atoms with Crippen LogP contribution in [0.15, 0.2) is 65.6 Å². The van der Waals surface area contributed by atoms with Crippen molar-refractivity contribution in [3.05, 3.63) is 89.0 Å². The second kappa shape index (κ2) is 9.23. The first-order chi connectivity index (χ1) is 14.7. The number of halogens is 2. The molecule has 3 rings (SSSR count). The number of carboxylic acid groups (broad SMARTS) is 1. The van der Waals surface area contributed by atoms with Gasteiger partial charge in [0.25, 0.3) is 0 Å². The molecule has 0 aliphatic carbocycles. The monoisotopic (exact) mass is 447 g/mol. The van der Waals surface area contributed by atoms with Gasteiger partial charge in [-0.3, -0.25) is 0 Å². The number of carbonyl (C=O) groups is 1. The second-order valence-electron chi connectivity index (χ2n) is 6.75. The van der Waals surface area contributed by atoms with Gasteiger partial charge in [0, 0.05) is 12.6 Å². The number of benzene rings is 3. The summed E-state index contributed by atoms with van der Waals surface area (Å²) in [5.74, 6) is -2.60. The Labute approximate surface area is 178 Å². The van der Waals surface area contributed by atoms with E-state index in [0.29, 0.717) is 17.7 Å². The molecule has 0 unspecified atom stereocenters. The summed E-state index contributed by atoms with van der Waals surface area (Å²) in [5, 5.41) is 9.16. The van der Waals surface area contributed by atoms with Crippen molar-refractivity contribution in [1.29, 1.82) is 0 Å². The topological polar surface area (TPSA) is 92.7 Å². The van der Waals surface area contributed by atoms with E-state index in [1.54, 1.807) is 31.2 Å². The summed E-state index contributed by atoms with van der Waals surface area (Å²) in [4.78, 5) is 11.1. The number of sulfonamides is 1. The summed E-state index contributed by atoms with van der Waals surface area (Å²) in [7, 11) is -3.86. The number of aromatic carboxylic acids is 1. The predicted octanol–water partition coefficient (Wildman–Crippen LogP) is 4.28. The molecule has 6 nitrogen and oxygen atoms in total. The smallest absolute Gasteiger partial charge is 0.335 e. The van der Waals surface area contributed by atoms with Crippen molar-refractivity contribution in [1.82, 2.24) is 4.72 Å². The zero-order chi connectivity index (χ0) is 22.6. The molecule has 0 heterocycles. The summed E-state index contributed by atoms with van der Waals surface area (Å²) in [5.41, 5.74) is 1.21. The van der Waals surface area contributed by atoms with Crippen LogP contribution in [0.2, 0.25) is 0 Å². The number of nitrogens with one attached hydrogen (secondary N) is 1. The quantitative estimate of drug-likeness (QED) is 0.538. The van der Waals surface area contributed by atoms with Crippen molar-refractivity contribution in [3.8, 4) is 11.5 Å². The lowest BCUT2D eigenvalue weighted by molar-refractivity contribution is 0.0696. The van der Waals surface area contributed by atoms with Gasteiger partial charge in [0.15, 0.2) is 11.6 Å². The highest BCUT2D eigenvalue weighted by molar-refractivity contribution is 7.89.